The third-order valence-electron chi connectivity index (χ3n) is 4.09. The zero-order chi connectivity index (χ0) is 20.6. The van der Waals surface area contributed by atoms with Crippen LogP contribution in [0.3, 0.4) is 0 Å². The second-order valence-electron chi connectivity index (χ2n) is 6.29. The number of carbonyl (C=O) groups excluding carboxylic acids is 2. The van der Waals surface area contributed by atoms with E-state index in [1.807, 2.05) is 6.92 Å². The molecule has 0 atom stereocenters. The lowest BCUT2D eigenvalue weighted by Crippen LogP contribution is -2.26. The molecule has 9 nitrogen and oxygen atoms in total. The minimum atomic E-state index is -2.77. The fourth-order valence-corrected chi connectivity index (χ4v) is 2.77. The van der Waals surface area contributed by atoms with Gasteiger partial charge in [-0.15, -0.1) is 0 Å². The van der Waals surface area contributed by atoms with Gasteiger partial charge >= 0.3 is 0 Å². The van der Waals surface area contributed by atoms with Crippen LogP contribution in [0.2, 0.25) is 0 Å². The number of aromatic nitrogens is 5. The van der Waals surface area contributed by atoms with Gasteiger partial charge in [0.15, 0.2) is 5.65 Å². The number of amides is 2. The predicted molar refractivity (Wildman–Crippen MR) is 96.6 cm³/mol. The summed E-state index contributed by atoms with van der Waals surface area (Å²) in [4.78, 5) is 30.8. The SMILES string of the molecule is CCn1ncc(NC(=O)c2cnn3c(C(F)F)cc(C)nc23)c1C(=O)N(C)C. The minimum absolute atomic E-state index is 0.0103. The highest BCUT2D eigenvalue weighted by molar-refractivity contribution is 6.10. The van der Waals surface area contributed by atoms with Gasteiger partial charge in [0.05, 0.1) is 18.1 Å². The van der Waals surface area contributed by atoms with Crippen molar-refractivity contribution in [1.29, 1.82) is 0 Å². The number of halogens is 2. The van der Waals surface area contributed by atoms with Crippen LogP contribution >= 0.6 is 0 Å². The van der Waals surface area contributed by atoms with Gasteiger partial charge in [0, 0.05) is 26.3 Å². The number of hydrogen-bond donors (Lipinski definition) is 1. The zero-order valence-corrected chi connectivity index (χ0v) is 15.8. The average Bonchev–Trinajstić information content (AvgIpc) is 3.23. The number of fused-ring (bicyclic) bond motifs is 1. The van der Waals surface area contributed by atoms with Gasteiger partial charge in [0.25, 0.3) is 18.2 Å². The first-order chi connectivity index (χ1) is 13.2. The maximum absolute atomic E-state index is 13.3. The van der Waals surface area contributed by atoms with Crippen LogP contribution in [0.4, 0.5) is 14.5 Å². The van der Waals surface area contributed by atoms with Crippen LogP contribution in [0.15, 0.2) is 18.5 Å². The molecule has 0 saturated carbocycles. The number of rotatable bonds is 5. The molecule has 11 heteroatoms. The lowest BCUT2D eigenvalue weighted by Gasteiger charge is -2.13. The van der Waals surface area contributed by atoms with Crippen molar-refractivity contribution in [1.82, 2.24) is 29.3 Å². The highest BCUT2D eigenvalue weighted by Gasteiger charge is 2.24. The molecule has 0 spiro atoms. The molecule has 148 valence electrons. The molecular weight excluding hydrogens is 372 g/mol. The van der Waals surface area contributed by atoms with Crippen LogP contribution in [0.1, 0.15) is 45.6 Å². The third-order valence-corrected chi connectivity index (χ3v) is 4.09. The van der Waals surface area contributed by atoms with Crippen LogP contribution in [0, 0.1) is 6.92 Å². The van der Waals surface area contributed by atoms with E-state index in [9.17, 15) is 18.4 Å². The van der Waals surface area contributed by atoms with Gasteiger partial charge in [-0.2, -0.15) is 10.2 Å². The monoisotopic (exact) mass is 391 g/mol. The maximum Gasteiger partial charge on any atom is 0.280 e. The Hall–Kier alpha value is -3.37. The van der Waals surface area contributed by atoms with Crippen LogP contribution in [-0.4, -0.2) is 55.2 Å². The highest BCUT2D eigenvalue weighted by atomic mass is 19.3. The fraction of sp³-hybridized carbons (Fsp3) is 0.353. The summed E-state index contributed by atoms with van der Waals surface area (Å²) in [6, 6.07) is 1.21. The summed E-state index contributed by atoms with van der Waals surface area (Å²) < 4.78 is 28.9. The van der Waals surface area contributed by atoms with E-state index >= 15 is 0 Å². The normalized spacial score (nSPS) is 11.2. The Labute approximate surface area is 159 Å². The molecule has 2 amide bonds. The Morgan fingerprint density at radius 3 is 2.57 bits per heavy atom. The Morgan fingerprint density at radius 1 is 1.25 bits per heavy atom. The molecule has 28 heavy (non-hydrogen) atoms. The smallest absolute Gasteiger partial charge is 0.280 e. The largest absolute Gasteiger partial charge is 0.343 e. The topological polar surface area (TPSA) is 97.4 Å². The Bertz CT molecular complexity index is 1060. The molecule has 0 aliphatic rings. The summed E-state index contributed by atoms with van der Waals surface area (Å²) in [6.45, 7) is 3.80. The molecule has 1 N–H and O–H groups in total. The van der Waals surface area contributed by atoms with E-state index in [2.05, 4.69) is 20.5 Å². The first kappa shape index (κ1) is 19.4. The number of nitrogens with zero attached hydrogens (tertiary/aromatic N) is 6. The lowest BCUT2D eigenvalue weighted by atomic mass is 10.2. The number of anilines is 1. The van der Waals surface area contributed by atoms with E-state index in [0.29, 0.717) is 12.2 Å². The van der Waals surface area contributed by atoms with Crippen LogP contribution in [0.5, 0.6) is 0 Å². The molecule has 0 bridgehead atoms. The number of nitrogens with one attached hydrogen (secondary N) is 1. The second kappa shape index (κ2) is 7.33. The Kier molecular flexibility index (Phi) is 5.08. The van der Waals surface area contributed by atoms with Gasteiger partial charge < -0.3 is 10.2 Å². The van der Waals surface area contributed by atoms with E-state index in [-0.39, 0.29) is 34.2 Å². The predicted octanol–water partition coefficient (Wildman–Crippen LogP) is 2.15. The van der Waals surface area contributed by atoms with Gasteiger partial charge in [-0.1, -0.05) is 0 Å². The molecule has 3 heterocycles. The van der Waals surface area contributed by atoms with Crippen molar-refractivity contribution in [3.8, 4) is 0 Å². The van der Waals surface area contributed by atoms with Crippen LogP contribution < -0.4 is 5.32 Å². The van der Waals surface area contributed by atoms with Crippen LogP contribution in [0.25, 0.3) is 5.65 Å². The zero-order valence-electron chi connectivity index (χ0n) is 15.8. The minimum Gasteiger partial charge on any atom is -0.343 e. The quantitative estimate of drug-likeness (QED) is 0.719. The van der Waals surface area contributed by atoms with E-state index in [1.54, 1.807) is 21.0 Å². The first-order valence-corrected chi connectivity index (χ1v) is 8.46. The summed E-state index contributed by atoms with van der Waals surface area (Å²) in [7, 11) is 3.18. The number of carbonyl (C=O) groups is 2. The molecule has 0 radical (unpaired) electrons. The number of aryl methyl sites for hydroxylation is 2. The van der Waals surface area contributed by atoms with Crippen molar-refractivity contribution in [2.75, 3.05) is 19.4 Å². The van der Waals surface area contributed by atoms with Gasteiger partial charge in [0.1, 0.15) is 17.0 Å². The van der Waals surface area contributed by atoms with Crippen molar-refractivity contribution in [3.05, 3.63) is 41.1 Å². The molecule has 0 aliphatic heterocycles. The summed E-state index contributed by atoms with van der Waals surface area (Å²) >= 11 is 0. The molecule has 3 aromatic rings. The molecule has 0 aromatic carbocycles. The molecule has 0 aliphatic carbocycles. The summed E-state index contributed by atoms with van der Waals surface area (Å²) in [6.07, 6.45) is -0.236. The van der Waals surface area contributed by atoms with E-state index in [4.69, 9.17) is 0 Å². The van der Waals surface area contributed by atoms with Gasteiger partial charge in [-0.25, -0.2) is 18.3 Å². The van der Waals surface area contributed by atoms with Crippen molar-refractivity contribution in [2.45, 2.75) is 26.8 Å². The summed E-state index contributed by atoms with van der Waals surface area (Å²) in [5, 5.41) is 10.6. The molecular formula is C17H19F2N7O2. The van der Waals surface area contributed by atoms with E-state index in [1.165, 1.54) is 28.0 Å². The van der Waals surface area contributed by atoms with Crippen LogP contribution in [-0.2, 0) is 6.54 Å². The molecule has 0 saturated heterocycles. The Morgan fingerprint density at radius 2 is 1.96 bits per heavy atom. The standard InChI is InChI=1S/C17H19F2N7O2/c1-5-25-13(17(28)24(3)4)11(8-20-25)23-16(27)10-7-21-26-12(14(18)19)6-9(2)22-15(10)26/h6-8,14H,5H2,1-4H3,(H,23,27). The highest BCUT2D eigenvalue weighted by Crippen LogP contribution is 2.23. The van der Waals surface area contributed by atoms with Gasteiger partial charge in [0.2, 0.25) is 0 Å². The maximum atomic E-state index is 13.3. The average molecular weight is 391 g/mol. The number of hydrogen-bond acceptors (Lipinski definition) is 5. The van der Waals surface area contributed by atoms with E-state index < -0.39 is 12.3 Å². The lowest BCUT2D eigenvalue weighted by molar-refractivity contribution is 0.0816. The van der Waals surface area contributed by atoms with Gasteiger partial charge in [-0.3, -0.25) is 14.3 Å². The summed E-state index contributed by atoms with van der Waals surface area (Å²) in [5.41, 5.74) is 0.430. The molecule has 0 unspecified atom stereocenters. The van der Waals surface area contributed by atoms with E-state index in [0.717, 1.165) is 4.52 Å². The first-order valence-electron chi connectivity index (χ1n) is 8.46. The number of alkyl halides is 2. The second-order valence-corrected chi connectivity index (χ2v) is 6.29. The molecule has 0 fully saturated rings. The van der Waals surface area contributed by atoms with Gasteiger partial charge in [-0.05, 0) is 19.9 Å². The summed E-state index contributed by atoms with van der Waals surface area (Å²) in [5.74, 6) is -0.958. The third kappa shape index (κ3) is 3.30. The van der Waals surface area contributed by atoms with Crippen molar-refractivity contribution in [2.24, 2.45) is 0 Å². The molecule has 3 aromatic heterocycles. The molecule has 3 rings (SSSR count). The van der Waals surface area contributed by atoms with Crippen molar-refractivity contribution >= 4 is 23.1 Å². The Balaban J connectivity index is 2.01. The van der Waals surface area contributed by atoms with Crippen molar-refractivity contribution < 1.29 is 18.4 Å². The fourth-order valence-electron chi connectivity index (χ4n) is 2.77. The van der Waals surface area contributed by atoms with Crippen molar-refractivity contribution in [3.63, 3.8) is 0 Å².